The van der Waals surface area contributed by atoms with E-state index in [0.29, 0.717) is 25.2 Å². The highest BCUT2D eigenvalue weighted by Gasteiger charge is 2.23. The number of nitrogens with zero attached hydrogens (tertiary/aromatic N) is 3. The maximum atomic E-state index is 13.0. The summed E-state index contributed by atoms with van der Waals surface area (Å²) in [5.41, 5.74) is 3.98. The minimum atomic E-state index is -3.55. The van der Waals surface area contributed by atoms with Crippen molar-refractivity contribution in [2.24, 2.45) is 0 Å². The number of hydrogen-bond donors (Lipinski definition) is 0. The molecule has 0 aliphatic carbocycles. The van der Waals surface area contributed by atoms with Gasteiger partial charge in [0.1, 0.15) is 5.76 Å². The van der Waals surface area contributed by atoms with Gasteiger partial charge in [0.25, 0.3) is 0 Å². The summed E-state index contributed by atoms with van der Waals surface area (Å²) in [6.45, 7) is 7.16. The SMILES string of the molecule is CCN(CC)S(=O)(=O)c1ccc2c(c1)nc(SCc1ccc(C)cc1)n2Cc1ccco1. The van der Waals surface area contributed by atoms with Gasteiger partial charge >= 0.3 is 0 Å². The van der Waals surface area contributed by atoms with Gasteiger partial charge in [-0.05, 0) is 42.8 Å². The Bertz CT molecular complexity index is 1290. The van der Waals surface area contributed by atoms with Crippen molar-refractivity contribution in [2.45, 2.75) is 43.1 Å². The van der Waals surface area contributed by atoms with E-state index in [1.165, 1.54) is 15.4 Å². The van der Waals surface area contributed by atoms with Crippen molar-refractivity contribution >= 4 is 32.8 Å². The van der Waals surface area contributed by atoms with Crippen LogP contribution in [-0.4, -0.2) is 35.4 Å². The Morgan fingerprint density at radius 1 is 1.06 bits per heavy atom. The van der Waals surface area contributed by atoms with Crippen LogP contribution in [-0.2, 0) is 22.3 Å². The van der Waals surface area contributed by atoms with E-state index in [9.17, 15) is 8.42 Å². The predicted octanol–water partition coefficient (Wildman–Crippen LogP) is 5.31. The van der Waals surface area contributed by atoms with Gasteiger partial charge in [0, 0.05) is 18.8 Å². The third-order valence-electron chi connectivity index (χ3n) is 5.41. The third kappa shape index (κ3) is 4.62. The number of thioether (sulfide) groups is 1. The Morgan fingerprint density at radius 2 is 1.81 bits per heavy atom. The first-order valence-electron chi connectivity index (χ1n) is 10.6. The van der Waals surface area contributed by atoms with Gasteiger partial charge in [0.2, 0.25) is 10.0 Å². The largest absolute Gasteiger partial charge is 0.467 e. The zero-order valence-corrected chi connectivity index (χ0v) is 20.1. The molecule has 0 aliphatic rings. The summed E-state index contributed by atoms with van der Waals surface area (Å²) in [5, 5.41) is 0.828. The first-order chi connectivity index (χ1) is 15.4. The van der Waals surface area contributed by atoms with Gasteiger partial charge in [-0.3, -0.25) is 0 Å². The second-order valence-electron chi connectivity index (χ2n) is 7.57. The smallest absolute Gasteiger partial charge is 0.243 e. The number of imidazole rings is 1. The molecule has 32 heavy (non-hydrogen) atoms. The molecule has 0 saturated carbocycles. The van der Waals surface area contributed by atoms with Crippen molar-refractivity contribution in [1.29, 1.82) is 0 Å². The van der Waals surface area contributed by atoms with Gasteiger partial charge in [-0.1, -0.05) is 55.4 Å². The highest BCUT2D eigenvalue weighted by Crippen LogP contribution is 2.30. The van der Waals surface area contributed by atoms with Gasteiger partial charge in [0.05, 0.1) is 28.7 Å². The molecule has 0 N–H and O–H groups in total. The summed E-state index contributed by atoms with van der Waals surface area (Å²) in [6, 6.07) is 17.4. The molecule has 0 atom stereocenters. The fraction of sp³-hybridized carbons (Fsp3) is 0.292. The molecule has 2 heterocycles. The standard InChI is InChI=1S/C24H27N3O3S2/c1-4-26(5-2)32(28,29)21-12-13-23-22(15-21)25-24(27(23)16-20-7-6-14-30-20)31-17-19-10-8-18(3)9-11-19/h6-15H,4-5,16-17H2,1-3H3. The molecule has 8 heteroatoms. The second kappa shape index (κ2) is 9.52. The fourth-order valence-electron chi connectivity index (χ4n) is 3.61. The van der Waals surface area contributed by atoms with Crippen LogP contribution in [0.5, 0.6) is 0 Å². The minimum absolute atomic E-state index is 0.270. The fourth-order valence-corrected chi connectivity index (χ4v) is 6.06. The number of hydrogen-bond acceptors (Lipinski definition) is 5. The van der Waals surface area contributed by atoms with Crippen molar-refractivity contribution < 1.29 is 12.8 Å². The van der Waals surface area contributed by atoms with Crippen molar-refractivity contribution in [2.75, 3.05) is 13.1 Å². The maximum Gasteiger partial charge on any atom is 0.243 e. The molecule has 6 nitrogen and oxygen atoms in total. The van der Waals surface area contributed by atoms with Crippen molar-refractivity contribution in [3.8, 4) is 0 Å². The van der Waals surface area contributed by atoms with Crippen molar-refractivity contribution in [3.63, 3.8) is 0 Å². The lowest BCUT2D eigenvalue weighted by Gasteiger charge is -2.18. The molecule has 0 amide bonds. The quantitative estimate of drug-likeness (QED) is 0.311. The van der Waals surface area contributed by atoms with E-state index in [2.05, 4.69) is 35.8 Å². The summed E-state index contributed by atoms with van der Waals surface area (Å²) in [6.07, 6.45) is 1.66. The molecule has 0 unspecified atom stereocenters. The third-order valence-corrected chi connectivity index (χ3v) is 8.50. The molecule has 0 radical (unpaired) electrons. The molecule has 2 aromatic heterocycles. The highest BCUT2D eigenvalue weighted by molar-refractivity contribution is 7.98. The normalized spacial score (nSPS) is 12.1. The zero-order chi connectivity index (χ0) is 22.7. The molecular formula is C24H27N3O3S2. The van der Waals surface area contributed by atoms with E-state index >= 15 is 0 Å². The molecule has 0 spiro atoms. The first kappa shape index (κ1) is 22.6. The Kier molecular flexibility index (Phi) is 6.74. The van der Waals surface area contributed by atoms with Gasteiger partial charge in [0.15, 0.2) is 5.16 Å². The van der Waals surface area contributed by atoms with Crippen LogP contribution in [0.2, 0.25) is 0 Å². The molecule has 0 bridgehead atoms. The lowest BCUT2D eigenvalue weighted by molar-refractivity contribution is 0.445. The number of aryl methyl sites for hydroxylation is 1. The van der Waals surface area contributed by atoms with Gasteiger partial charge in [-0.2, -0.15) is 4.31 Å². The summed E-state index contributed by atoms with van der Waals surface area (Å²) < 4.78 is 35.1. The monoisotopic (exact) mass is 469 g/mol. The molecule has 0 saturated heterocycles. The molecule has 4 aromatic rings. The summed E-state index contributed by atoms with van der Waals surface area (Å²) in [4.78, 5) is 5.08. The molecule has 0 aliphatic heterocycles. The van der Waals surface area contributed by atoms with Crippen LogP contribution in [0.4, 0.5) is 0 Å². The van der Waals surface area contributed by atoms with Crippen LogP contribution in [0.15, 0.2) is 75.3 Å². The average Bonchev–Trinajstić information content (AvgIpc) is 3.42. The number of furan rings is 1. The zero-order valence-electron chi connectivity index (χ0n) is 18.5. The Labute approximate surface area is 193 Å². The number of fused-ring (bicyclic) bond motifs is 1. The van der Waals surface area contributed by atoms with Crippen LogP contribution < -0.4 is 0 Å². The maximum absolute atomic E-state index is 13.0. The van der Waals surface area contributed by atoms with Crippen LogP contribution in [0.3, 0.4) is 0 Å². The van der Waals surface area contributed by atoms with Crippen LogP contribution in [0.1, 0.15) is 30.7 Å². The summed E-state index contributed by atoms with van der Waals surface area (Å²) in [7, 11) is -3.55. The first-order valence-corrected chi connectivity index (χ1v) is 13.1. The van der Waals surface area contributed by atoms with Crippen molar-refractivity contribution in [1.82, 2.24) is 13.9 Å². The lowest BCUT2D eigenvalue weighted by atomic mass is 10.2. The average molecular weight is 470 g/mol. The van der Waals surface area contributed by atoms with Gasteiger partial charge in [-0.15, -0.1) is 0 Å². The van der Waals surface area contributed by atoms with Crippen LogP contribution in [0, 0.1) is 6.92 Å². The minimum Gasteiger partial charge on any atom is -0.467 e. The van der Waals surface area contributed by atoms with E-state index in [1.807, 2.05) is 32.0 Å². The van der Waals surface area contributed by atoms with E-state index < -0.39 is 10.0 Å². The van der Waals surface area contributed by atoms with Crippen molar-refractivity contribution in [3.05, 3.63) is 77.7 Å². The van der Waals surface area contributed by atoms with E-state index in [0.717, 1.165) is 22.2 Å². The number of aromatic nitrogens is 2. The predicted molar refractivity (Wildman–Crippen MR) is 128 cm³/mol. The molecule has 4 rings (SSSR count). The number of rotatable bonds is 9. The van der Waals surface area contributed by atoms with E-state index in [4.69, 9.17) is 9.40 Å². The Morgan fingerprint density at radius 3 is 2.47 bits per heavy atom. The number of sulfonamides is 1. The summed E-state index contributed by atoms with van der Waals surface area (Å²) >= 11 is 1.63. The van der Waals surface area contributed by atoms with Crippen LogP contribution in [0.25, 0.3) is 11.0 Å². The summed E-state index contributed by atoms with van der Waals surface area (Å²) in [5.74, 6) is 1.59. The van der Waals surface area contributed by atoms with Gasteiger partial charge in [-0.25, -0.2) is 13.4 Å². The van der Waals surface area contributed by atoms with Gasteiger partial charge < -0.3 is 8.98 Å². The highest BCUT2D eigenvalue weighted by atomic mass is 32.2. The van der Waals surface area contributed by atoms with Crippen LogP contribution >= 0.6 is 11.8 Å². The molecule has 168 valence electrons. The Hall–Kier alpha value is -2.55. The number of benzene rings is 2. The van der Waals surface area contributed by atoms with E-state index in [-0.39, 0.29) is 4.90 Å². The Balaban J connectivity index is 1.72. The lowest BCUT2D eigenvalue weighted by Crippen LogP contribution is -2.30. The van der Waals surface area contributed by atoms with E-state index in [1.54, 1.807) is 30.2 Å². The molecule has 0 fully saturated rings. The topological polar surface area (TPSA) is 68.3 Å². The second-order valence-corrected chi connectivity index (χ2v) is 10.5. The molecule has 2 aromatic carbocycles. The molecular weight excluding hydrogens is 442 g/mol.